The van der Waals surface area contributed by atoms with Crippen LogP contribution < -0.4 is 5.32 Å². The molecule has 0 aromatic rings. The lowest BCUT2D eigenvalue weighted by Gasteiger charge is -2.46. The third kappa shape index (κ3) is 2.62. The Kier molecular flexibility index (Phi) is 3.38. The standard InChI is InChI=1S/C13H18N2O6/c1-2-19-10(16)8-3-9(4-8)21-12(18)15-5-13(6-15)7-20-11(17)14-13/h8-9H,2-7H2,1H3,(H,14,17)/t8-,9+. The van der Waals surface area contributed by atoms with Crippen LogP contribution >= 0.6 is 0 Å². The van der Waals surface area contributed by atoms with Crippen molar-refractivity contribution in [3.05, 3.63) is 0 Å². The van der Waals surface area contributed by atoms with E-state index in [0.717, 1.165) is 0 Å². The van der Waals surface area contributed by atoms with E-state index < -0.39 is 17.7 Å². The molecule has 8 heteroatoms. The molecule has 116 valence electrons. The highest BCUT2D eigenvalue weighted by Gasteiger charge is 2.52. The number of nitrogens with one attached hydrogen (secondary N) is 1. The van der Waals surface area contributed by atoms with Gasteiger partial charge in [-0.15, -0.1) is 0 Å². The molecule has 1 aliphatic carbocycles. The highest BCUT2D eigenvalue weighted by molar-refractivity contribution is 5.75. The number of rotatable bonds is 3. The van der Waals surface area contributed by atoms with E-state index in [4.69, 9.17) is 14.2 Å². The quantitative estimate of drug-likeness (QED) is 0.593. The van der Waals surface area contributed by atoms with Crippen molar-refractivity contribution in [3.8, 4) is 0 Å². The van der Waals surface area contributed by atoms with Crippen molar-refractivity contribution in [2.45, 2.75) is 31.4 Å². The fraction of sp³-hybridized carbons (Fsp3) is 0.769. The fourth-order valence-corrected chi connectivity index (χ4v) is 2.81. The maximum Gasteiger partial charge on any atom is 0.410 e. The van der Waals surface area contributed by atoms with Crippen molar-refractivity contribution in [2.75, 3.05) is 26.3 Å². The lowest BCUT2D eigenvalue weighted by molar-refractivity contribution is -0.155. The van der Waals surface area contributed by atoms with Crippen LogP contribution in [-0.2, 0) is 19.0 Å². The third-order valence-electron chi connectivity index (χ3n) is 4.07. The molecule has 0 radical (unpaired) electrons. The van der Waals surface area contributed by atoms with E-state index in [2.05, 4.69) is 5.32 Å². The zero-order chi connectivity index (χ0) is 15.0. The average molecular weight is 298 g/mol. The van der Waals surface area contributed by atoms with Gasteiger partial charge in [0, 0.05) is 0 Å². The van der Waals surface area contributed by atoms with Gasteiger partial charge < -0.3 is 24.4 Å². The van der Waals surface area contributed by atoms with E-state index >= 15 is 0 Å². The largest absolute Gasteiger partial charge is 0.466 e. The lowest BCUT2D eigenvalue weighted by atomic mass is 9.82. The van der Waals surface area contributed by atoms with Gasteiger partial charge in [-0.1, -0.05) is 0 Å². The Morgan fingerprint density at radius 3 is 2.71 bits per heavy atom. The Bertz CT molecular complexity index is 467. The van der Waals surface area contributed by atoms with Crippen molar-refractivity contribution >= 4 is 18.2 Å². The van der Waals surface area contributed by atoms with E-state index in [-0.39, 0.29) is 24.6 Å². The van der Waals surface area contributed by atoms with Crippen LogP contribution in [0.15, 0.2) is 0 Å². The monoisotopic (exact) mass is 298 g/mol. The summed E-state index contributed by atoms with van der Waals surface area (Å²) >= 11 is 0. The van der Waals surface area contributed by atoms with Crippen molar-refractivity contribution in [1.82, 2.24) is 10.2 Å². The fourth-order valence-electron chi connectivity index (χ4n) is 2.81. The molecule has 2 saturated heterocycles. The normalized spacial score (nSPS) is 29.0. The number of nitrogens with zero attached hydrogens (tertiary/aromatic N) is 1. The van der Waals surface area contributed by atoms with Crippen LogP contribution in [0.1, 0.15) is 19.8 Å². The predicted octanol–water partition coefficient (Wildman–Crippen LogP) is 0.259. The molecule has 0 aromatic heterocycles. The molecule has 0 atom stereocenters. The second-order valence-electron chi connectivity index (χ2n) is 5.76. The molecule has 21 heavy (non-hydrogen) atoms. The summed E-state index contributed by atoms with van der Waals surface area (Å²) in [4.78, 5) is 35.8. The van der Waals surface area contributed by atoms with Gasteiger partial charge in [0.05, 0.1) is 25.6 Å². The van der Waals surface area contributed by atoms with Crippen LogP contribution in [0.2, 0.25) is 0 Å². The first-order valence-corrected chi connectivity index (χ1v) is 7.08. The average Bonchev–Trinajstić information content (AvgIpc) is 2.73. The molecular formula is C13H18N2O6. The van der Waals surface area contributed by atoms with E-state index in [1.807, 2.05) is 0 Å². The molecule has 0 aromatic carbocycles. The first kappa shape index (κ1) is 14.0. The second-order valence-corrected chi connectivity index (χ2v) is 5.76. The highest BCUT2D eigenvalue weighted by atomic mass is 16.6. The van der Waals surface area contributed by atoms with Gasteiger partial charge in [-0.2, -0.15) is 0 Å². The van der Waals surface area contributed by atoms with Gasteiger partial charge in [-0.25, -0.2) is 9.59 Å². The van der Waals surface area contributed by atoms with E-state index in [0.29, 0.717) is 32.5 Å². The predicted molar refractivity (Wildman–Crippen MR) is 68.4 cm³/mol. The Morgan fingerprint density at radius 1 is 1.43 bits per heavy atom. The van der Waals surface area contributed by atoms with Crippen molar-refractivity contribution in [2.24, 2.45) is 5.92 Å². The number of carbonyl (C=O) groups is 3. The van der Waals surface area contributed by atoms with Crippen LogP contribution in [0.5, 0.6) is 0 Å². The van der Waals surface area contributed by atoms with Crippen LogP contribution in [0.3, 0.4) is 0 Å². The number of carbonyl (C=O) groups excluding carboxylic acids is 3. The summed E-state index contributed by atoms with van der Waals surface area (Å²) in [5.41, 5.74) is -0.441. The number of hydrogen-bond acceptors (Lipinski definition) is 6. The SMILES string of the molecule is CCOC(=O)[C@H]1C[C@@H](OC(=O)N2CC3(COC(=O)N3)C2)C1. The highest BCUT2D eigenvalue weighted by Crippen LogP contribution is 2.33. The summed E-state index contributed by atoms with van der Waals surface area (Å²) in [6, 6.07) is 0. The molecule has 3 aliphatic rings. The summed E-state index contributed by atoms with van der Waals surface area (Å²) in [7, 11) is 0. The minimum absolute atomic E-state index is 0.159. The zero-order valence-corrected chi connectivity index (χ0v) is 11.8. The molecule has 0 bridgehead atoms. The van der Waals surface area contributed by atoms with Crippen LogP contribution in [-0.4, -0.2) is 61.0 Å². The van der Waals surface area contributed by atoms with Crippen molar-refractivity contribution in [1.29, 1.82) is 0 Å². The number of cyclic esters (lactones) is 1. The Balaban J connectivity index is 1.37. The maximum absolute atomic E-state index is 11.9. The molecule has 8 nitrogen and oxygen atoms in total. The van der Waals surface area contributed by atoms with Gasteiger partial charge in [0.1, 0.15) is 18.2 Å². The van der Waals surface area contributed by atoms with Crippen LogP contribution in [0.25, 0.3) is 0 Å². The molecule has 1 N–H and O–H groups in total. The summed E-state index contributed by atoms with van der Waals surface area (Å²) < 4.78 is 15.0. The van der Waals surface area contributed by atoms with E-state index in [1.54, 1.807) is 6.92 Å². The Hall–Kier alpha value is -1.99. The minimum atomic E-state index is -0.445. The Labute approximate surface area is 121 Å². The number of amides is 2. The maximum atomic E-state index is 11.9. The van der Waals surface area contributed by atoms with Gasteiger partial charge in [0.2, 0.25) is 0 Å². The van der Waals surface area contributed by atoms with Crippen LogP contribution in [0, 0.1) is 5.92 Å². The van der Waals surface area contributed by atoms with Gasteiger partial charge in [0.15, 0.2) is 0 Å². The molecule has 2 heterocycles. The topological polar surface area (TPSA) is 94.2 Å². The summed E-state index contributed by atoms with van der Waals surface area (Å²) in [6.07, 6.45) is -0.0430. The van der Waals surface area contributed by atoms with E-state index in [9.17, 15) is 14.4 Å². The first-order chi connectivity index (χ1) is 10.0. The Morgan fingerprint density at radius 2 is 2.14 bits per heavy atom. The van der Waals surface area contributed by atoms with Gasteiger partial charge in [-0.3, -0.25) is 4.79 Å². The first-order valence-electron chi connectivity index (χ1n) is 7.08. The summed E-state index contributed by atoms with van der Waals surface area (Å²) in [6.45, 7) is 3.20. The van der Waals surface area contributed by atoms with Crippen LogP contribution in [0.4, 0.5) is 9.59 Å². The molecule has 2 amide bonds. The molecule has 3 rings (SSSR count). The lowest BCUT2D eigenvalue weighted by Crippen LogP contribution is -2.70. The molecule has 1 spiro atoms. The second kappa shape index (κ2) is 5.09. The molecule has 0 unspecified atom stereocenters. The number of ether oxygens (including phenoxy) is 3. The number of likely N-dealkylation sites (tertiary alicyclic amines) is 1. The number of hydrogen-bond donors (Lipinski definition) is 1. The third-order valence-corrected chi connectivity index (χ3v) is 4.07. The zero-order valence-electron chi connectivity index (χ0n) is 11.8. The molecule has 2 aliphatic heterocycles. The summed E-state index contributed by atoms with van der Waals surface area (Å²) in [5.74, 6) is -0.383. The molecule has 3 fully saturated rings. The smallest absolute Gasteiger partial charge is 0.410 e. The molecular weight excluding hydrogens is 280 g/mol. The number of esters is 1. The van der Waals surface area contributed by atoms with Gasteiger partial charge in [-0.05, 0) is 19.8 Å². The van der Waals surface area contributed by atoms with Gasteiger partial charge in [0.25, 0.3) is 0 Å². The van der Waals surface area contributed by atoms with Crippen molar-refractivity contribution in [3.63, 3.8) is 0 Å². The number of alkyl carbamates (subject to hydrolysis) is 1. The van der Waals surface area contributed by atoms with Crippen molar-refractivity contribution < 1.29 is 28.6 Å². The van der Waals surface area contributed by atoms with Gasteiger partial charge >= 0.3 is 18.2 Å². The minimum Gasteiger partial charge on any atom is -0.466 e. The summed E-state index contributed by atoms with van der Waals surface area (Å²) in [5, 5.41) is 2.70. The van der Waals surface area contributed by atoms with E-state index in [1.165, 1.54) is 4.90 Å². The molecule has 1 saturated carbocycles.